The Morgan fingerprint density at radius 2 is 1.22 bits per heavy atom. The first kappa shape index (κ1) is 14.7. The van der Waals surface area contributed by atoms with Gasteiger partial charge in [0.25, 0.3) is 5.69 Å². The molecule has 3 rings (SSSR count). The first-order chi connectivity index (χ1) is 11.2. The van der Waals surface area contributed by atoms with Crippen LogP contribution in [0.2, 0.25) is 0 Å². The summed E-state index contributed by atoms with van der Waals surface area (Å²) in [6.45, 7) is 0. The zero-order valence-corrected chi connectivity index (χ0v) is 12.3. The van der Waals surface area contributed by atoms with E-state index in [0.717, 1.165) is 16.8 Å². The Bertz CT molecular complexity index is 785. The van der Waals surface area contributed by atoms with Crippen LogP contribution >= 0.6 is 0 Å². The van der Waals surface area contributed by atoms with E-state index in [2.05, 4.69) is 0 Å². The van der Waals surface area contributed by atoms with E-state index >= 15 is 0 Å². The van der Waals surface area contributed by atoms with E-state index in [0.29, 0.717) is 5.69 Å². The van der Waals surface area contributed by atoms with Crippen molar-refractivity contribution in [3.05, 3.63) is 106 Å². The second-order valence-electron chi connectivity index (χ2n) is 4.97. The topological polar surface area (TPSA) is 55.5 Å². The molecular formula is C19H14N2O2. The third-order valence-electron chi connectivity index (χ3n) is 3.40. The Morgan fingerprint density at radius 3 is 1.65 bits per heavy atom. The van der Waals surface area contributed by atoms with Gasteiger partial charge in [0.15, 0.2) is 0 Å². The molecule has 0 atom stereocenters. The average molecular weight is 302 g/mol. The lowest BCUT2D eigenvalue weighted by Gasteiger charge is -2.07. The van der Waals surface area contributed by atoms with E-state index in [-0.39, 0.29) is 5.69 Å². The lowest BCUT2D eigenvalue weighted by Crippen LogP contribution is -2.02. The van der Waals surface area contributed by atoms with Gasteiger partial charge in [-0.25, -0.2) is 4.99 Å². The second-order valence-corrected chi connectivity index (χ2v) is 4.97. The Labute approximate surface area is 133 Å². The van der Waals surface area contributed by atoms with Gasteiger partial charge in [0.1, 0.15) is 0 Å². The van der Waals surface area contributed by atoms with Crippen molar-refractivity contribution in [3.63, 3.8) is 0 Å². The van der Waals surface area contributed by atoms with Crippen molar-refractivity contribution in [3.8, 4) is 0 Å². The number of aliphatic imine (C=N–C) groups is 1. The number of non-ortho nitro benzene ring substituents is 1. The maximum absolute atomic E-state index is 10.7. The van der Waals surface area contributed by atoms with Crippen LogP contribution in [0, 0.1) is 10.1 Å². The molecule has 0 N–H and O–H groups in total. The molecule has 0 aliphatic carbocycles. The molecular weight excluding hydrogens is 288 g/mol. The molecule has 0 unspecified atom stereocenters. The van der Waals surface area contributed by atoms with Crippen molar-refractivity contribution in [2.24, 2.45) is 4.99 Å². The molecule has 0 heterocycles. The molecule has 3 aromatic rings. The lowest BCUT2D eigenvalue weighted by atomic mass is 10.0. The molecule has 112 valence electrons. The highest BCUT2D eigenvalue weighted by molar-refractivity contribution is 6.13. The third kappa shape index (κ3) is 3.49. The molecule has 4 heteroatoms. The molecule has 0 aromatic heterocycles. The summed E-state index contributed by atoms with van der Waals surface area (Å²) in [5.41, 5.74) is 3.57. The van der Waals surface area contributed by atoms with Gasteiger partial charge in [-0.1, -0.05) is 60.7 Å². The van der Waals surface area contributed by atoms with E-state index in [1.165, 1.54) is 12.1 Å². The molecule has 0 radical (unpaired) electrons. The third-order valence-corrected chi connectivity index (χ3v) is 3.40. The number of nitrogens with zero attached hydrogens (tertiary/aromatic N) is 2. The zero-order valence-electron chi connectivity index (χ0n) is 12.3. The number of nitro benzene ring substituents is 1. The first-order valence-electron chi connectivity index (χ1n) is 7.18. The van der Waals surface area contributed by atoms with Gasteiger partial charge in [-0.15, -0.1) is 0 Å². The molecule has 0 aliphatic rings. The Hall–Kier alpha value is -3.27. The molecule has 0 fully saturated rings. The zero-order chi connectivity index (χ0) is 16.1. The van der Waals surface area contributed by atoms with Gasteiger partial charge in [-0.05, 0) is 12.1 Å². The molecule has 4 nitrogen and oxygen atoms in total. The van der Waals surface area contributed by atoms with Crippen LogP contribution in [0.1, 0.15) is 11.1 Å². The predicted octanol–water partition coefficient (Wildman–Crippen LogP) is 4.76. The van der Waals surface area contributed by atoms with Gasteiger partial charge in [0, 0.05) is 23.3 Å². The minimum absolute atomic E-state index is 0.0601. The number of rotatable bonds is 4. The fraction of sp³-hybridized carbons (Fsp3) is 0. The summed E-state index contributed by atoms with van der Waals surface area (Å²) in [5.74, 6) is 0. The predicted molar refractivity (Wildman–Crippen MR) is 91.3 cm³/mol. The van der Waals surface area contributed by atoms with Crippen molar-refractivity contribution in [1.29, 1.82) is 0 Å². The van der Waals surface area contributed by atoms with Crippen molar-refractivity contribution in [1.82, 2.24) is 0 Å². The minimum atomic E-state index is -0.414. The fourth-order valence-corrected chi connectivity index (χ4v) is 2.27. The van der Waals surface area contributed by atoms with E-state index in [4.69, 9.17) is 4.99 Å². The summed E-state index contributed by atoms with van der Waals surface area (Å²) in [4.78, 5) is 15.0. The normalized spacial score (nSPS) is 10.1. The summed E-state index contributed by atoms with van der Waals surface area (Å²) < 4.78 is 0. The standard InChI is InChI=1S/C19H14N2O2/c22-21(23)18-13-11-17(12-14-18)20-19(15-7-3-1-4-8-15)16-9-5-2-6-10-16/h1-14H. The van der Waals surface area contributed by atoms with E-state index in [1.807, 2.05) is 60.7 Å². The SMILES string of the molecule is O=[N+]([O-])c1ccc(N=C(c2ccccc2)c2ccccc2)cc1. The van der Waals surface area contributed by atoms with Gasteiger partial charge in [0.05, 0.1) is 16.3 Å². The van der Waals surface area contributed by atoms with Crippen LogP contribution in [0.5, 0.6) is 0 Å². The monoisotopic (exact) mass is 302 g/mol. The molecule has 0 amide bonds. The molecule has 3 aromatic carbocycles. The fourth-order valence-electron chi connectivity index (χ4n) is 2.27. The smallest absolute Gasteiger partial charge is 0.258 e. The van der Waals surface area contributed by atoms with Crippen molar-refractivity contribution in [2.45, 2.75) is 0 Å². The molecule has 0 saturated carbocycles. The van der Waals surface area contributed by atoms with Crippen LogP contribution in [0.3, 0.4) is 0 Å². The van der Waals surface area contributed by atoms with Gasteiger partial charge < -0.3 is 0 Å². The van der Waals surface area contributed by atoms with Crippen molar-refractivity contribution in [2.75, 3.05) is 0 Å². The van der Waals surface area contributed by atoms with Crippen molar-refractivity contribution < 1.29 is 4.92 Å². The summed E-state index contributed by atoms with van der Waals surface area (Å²) in [7, 11) is 0. The largest absolute Gasteiger partial charge is 0.269 e. The quantitative estimate of drug-likeness (QED) is 0.396. The Kier molecular flexibility index (Phi) is 4.25. The summed E-state index contributed by atoms with van der Waals surface area (Å²) in [5, 5.41) is 10.7. The highest BCUT2D eigenvalue weighted by Gasteiger charge is 2.08. The lowest BCUT2D eigenvalue weighted by molar-refractivity contribution is -0.384. The summed E-state index contributed by atoms with van der Waals surface area (Å²) >= 11 is 0. The minimum Gasteiger partial charge on any atom is -0.258 e. The van der Waals surface area contributed by atoms with Gasteiger partial charge >= 0.3 is 0 Å². The van der Waals surface area contributed by atoms with Crippen LogP contribution in [-0.2, 0) is 0 Å². The van der Waals surface area contributed by atoms with Crippen LogP contribution in [0.25, 0.3) is 0 Å². The maximum Gasteiger partial charge on any atom is 0.269 e. The Balaban J connectivity index is 2.06. The number of hydrogen-bond donors (Lipinski definition) is 0. The number of nitro groups is 1. The molecule has 0 spiro atoms. The van der Waals surface area contributed by atoms with E-state index in [9.17, 15) is 10.1 Å². The molecule has 23 heavy (non-hydrogen) atoms. The maximum atomic E-state index is 10.7. The second kappa shape index (κ2) is 6.66. The Morgan fingerprint density at radius 1 is 0.739 bits per heavy atom. The highest BCUT2D eigenvalue weighted by Crippen LogP contribution is 2.21. The summed E-state index contributed by atoms with van der Waals surface area (Å²) in [6.07, 6.45) is 0. The first-order valence-corrected chi connectivity index (χ1v) is 7.18. The molecule has 0 bridgehead atoms. The average Bonchev–Trinajstić information content (AvgIpc) is 2.61. The summed E-state index contributed by atoms with van der Waals surface area (Å²) in [6, 6.07) is 26.0. The number of hydrogen-bond acceptors (Lipinski definition) is 3. The van der Waals surface area contributed by atoms with E-state index < -0.39 is 4.92 Å². The van der Waals surface area contributed by atoms with Crippen LogP contribution in [0.4, 0.5) is 11.4 Å². The highest BCUT2D eigenvalue weighted by atomic mass is 16.6. The number of benzene rings is 3. The molecule has 0 saturated heterocycles. The van der Waals surface area contributed by atoms with Gasteiger partial charge in [-0.2, -0.15) is 0 Å². The van der Waals surface area contributed by atoms with Crippen LogP contribution in [-0.4, -0.2) is 10.6 Å². The van der Waals surface area contributed by atoms with E-state index in [1.54, 1.807) is 12.1 Å². The van der Waals surface area contributed by atoms with Crippen molar-refractivity contribution >= 4 is 17.1 Å². The van der Waals surface area contributed by atoms with Gasteiger partial charge in [0.2, 0.25) is 0 Å². The van der Waals surface area contributed by atoms with Gasteiger partial charge in [-0.3, -0.25) is 10.1 Å². The molecule has 0 aliphatic heterocycles. The van der Waals surface area contributed by atoms with Crippen LogP contribution in [0.15, 0.2) is 89.9 Å². The van der Waals surface area contributed by atoms with Crippen LogP contribution < -0.4 is 0 Å².